The molecule has 0 aromatic heterocycles. The minimum Gasteiger partial charge on any atom is -0.481 e. The molecule has 3 N–H and O–H groups in total. The predicted octanol–water partition coefficient (Wildman–Crippen LogP) is 3.53. The second-order valence-electron chi connectivity index (χ2n) is 9.19. The number of carbonyl (C=O) groups is 3. The Labute approximate surface area is 187 Å². The number of carboxylic acid groups (broad SMARTS) is 1. The van der Waals surface area contributed by atoms with Crippen molar-refractivity contribution >= 4 is 18.0 Å². The number of carboxylic acids is 1. The highest BCUT2D eigenvalue weighted by molar-refractivity contribution is 5.87. The first kappa shape index (κ1) is 21.9. The molecule has 1 atom stereocenters. The van der Waals surface area contributed by atoms with Gasteiger partial charge in [0.2, 0.25) is 5.91 Å². The van der Waals surface area contributed by atoms with Crippen LogP contribution in [0.15, 0.2) is 48.5 Å². The Morgan fingerprint density at radius 1 is 1.03 bits per heavy atom. The number of ether oxygens (including phenoxy) is 1. The summed E-state index contributed by atoms with van der Waals surface area (Å²) in [5.74, 6) is -1.39. The van der Waals surface area contributed by atoms with Crippen LogP contribution in [0, 0.1) is 11.3 Å². The van der Waals surface area contributed by atoms with E-state index in [1.54, 1.807) is 13.8 Å². The summed E-state index contributed by atoms with van der Waals surface area (Å²) in [4.78, 5) is 36.5. The van der Waals surface area contributed by atoms with Gasteiger partial charge in [-0.05, 0) is 54.9 Å². The zero-order valence-corrected chi connectivity index (χ0v) is 18.3. The number of amides is 2. The molecule has 2 aliphatic carbocycles. The van der Waals surface area contributed by atoms with Gasteiger partial charge in [0.15, 0.2) is 0 Å². The third kappa shape index (κ3) is 4.47. The van der Waals surface area contributed by atoms with Crippen molar-refractivity contribution in [2.24, 2.45) is 11.3 Å². The maximum atomic E-state index is 12.6. The number of aliphatic carboxylic acids is 1. The maximum Gasteiger partial charge on any atom is 0.407 e. The third-order valence-corrected chi connectivity index (χ3v) is 6.28. The number of nitrogens with one attached hydrogen (secondary N) is 2. The van der Waals surface area contributed by atoms with Gasteiger partial charge in [-0.1, -0.05) is 48.5 Å². The van der Waals surface area contributed by atoms with Crippen molar-refractivity contribution in [3.63, 3.8) is 0 Å². The summed E-state index contributed by atoms with van der Waals surface area (Å²) in [7, 11) is 0. The van der Waals surface area contributed by atoms with Crippen molar-refractivity contribution in [1.82, 2.24) is 10.6 Å². The number of alkyl carbamates (subject to hydrolysis) is 1. The Hall–Kier alpha value is -3.35. The first-order valence-electron chi connectivity index (χ1n) is 10.9. The van der Waals surface area contributed by atoms with Crippen LogP contribution >= 0.6 is 0 Å². The minimum absolute atomic E-state index is 0.0171. The lowest BCUT2D eigenvalue weighted by molar-refractivity contribution is -0.146. The van der Waals surface area contributed by atoms with Crippen LogP contribution in [0.3, 0.4) is 0 Å². The highest BCUT2D eigenvalue weighted by Crippen LogP contribution is 2.44. The summed E-state index contributed by atoms with van der Waals surface area (Å²) in [6.07, 6.45) is 1.03. The average molecular weight is 437 g/mol. The fraction of sp³-hybridized carbons (Fsp3) is 0.400. The van der Waals surface area contributed by atoms with Crippen LogP contribution in [0.5, 0.6) is 0 Å². The SMILES string of the molecule is CC(C)(CNC(=O)C(NC(=O)OCC1c2ccccc2-c2ccccc21)C1CC1)C(=O)O. The number of rotatable bonds is 8. The van der Waals surface area contributed by atoms with Crippen molar-refractivity contribution in [3.05, 3.63) is 59.7 Å². The van der Waals surface area contributed by atoms with Gasteiger partial charge in [0.25, 0.3) is 0 Å². The van der Waals surface area contributed by atoms with Gasteiger partial charge in [-0.15, -0.1) is 0 Å². The van der Waals surface area contributed by atoms with E-state index < -0.39 is 23.5 Å². The van der Waals surface area contributed by atoms with E-state index in [1.165, 1.54) is 0 Å². The van der Waals surface area contributed by atoms with Gasteiger partial charge < -0.3 is 20.5 Å². The minimum atomic E-state index is -1.09. The molecule has 2 aromatic rings. The molecule has 1 unspecified atom stereocenters. The fourth-order valence-corrected chi connectivity index (χ4v) is 4.09. The lowest BCUT2D eigenvalue weighted by atomic mass is 9.93. The highest BCUT2D eigenvalue weighted by Gasteiger charge is 2.39. The van der Waals surface area contributed by atoms with Crippen molar-refractivity contribution in [2.75, 3.05) is 13.2 Å². The van der Waals surface area contributed by atoms with Crippen molar-refractivity contribution < 1.29 is 24.2 Å². The van der Waals surface area contributed by atoms with E-state index in [9.17, 15) is 19.5 Å². The standard InChI is InChI=1S/C25H28N2O5/c1-25(2,23(29)30)14-26-22(28)21(15-11-12-15)27-24(31)32-13-20-18-9-5-3-7-16(18)17-8-4-6-10-19(17)20/h3-10,15,20-21H,11-14H2,1-2H3,(H,26,28)(H,27,31)(H,29,30). The summed E-state index contributed by atoms with van der Waals surface area (Å²) in [6.45, 7) is 3.24. The Morgan fingerprint density at radius 3 is 2.12 bits per heavy atom. The van der Waals surface area contributed by atoms with Crippen LogP contribution in [0.2, 0.25) is 0 Å². The van der Waals surface area contributed by atoms with E-state index in [-0.39, 0.29) is 30.9 Å². The Bertz CT molecular complexity index is 999. The van der Waals surface area contributed by atoms with Gasteiger partial charge >= 0.3 is 12.1 Å². The molecule has 7 nitrogen and oxygen atoms in total. The van der Waals surface area contributed by atoms with Gasteiger partial charge in [-0.2, -0.15) is 0 Å². The molecule has 1 fully saturated rings. The monoisotopic (exact) mass is 436 g/mol. The molecule has 4 rings (SSSR count). The summed E-state index contributed by atoms with van der Waals surface area (Å²) in [5, 5.41) is 14.6. The smallest absolute Gasteiger partial charge is 0.407 e. The van der Waals surface area contributed by atoms with Crippen LogP contribution in [0.4, 0.5) is 4.79 Å². The molecule has 0 saturated heterocycles. The zero-order chi connectivity index (χ0) is 22.9. The highest BCUT2D eigenvalue weighted by atomic mass is 16.5. The largest absolute Gasteiger partial charge is 0.481 e. The first-order chi connectivity index (χ1) is 15.3. The molecule has 168 valence electrons. The van der Waals surface area contributed by atoms with Crippen molar-refractivity contribution in [1.29, 1.82) is 0 Å². The first-order valence-corrected chi connectivity index (χ1v) is 10.9. The Balaban J connectivity index is 1.38. The summed E-state index contributed by atoms with van der Waals surface area (Å²) < 4.78 is 5.56. The quantitative estimate of drug-likeness (QED) is 0.587. The van der Waals surface area contributed by atoms with Gasteiger partial charge in [0.1, 0.15) is 12.6 Å². The van der Waals surface area contributed by atoms with Crippen LogP contribution in [-0.2, 0) is 14.3 Å². The molecule has 2 aliphatic rings. The van der Waals surface area contributed by atoms with E-state index in [1.807, 2.05) is 36.4 Å². The molecule has 0 spiro atoms. The van der Waals surface area contributed by atoms with Crippen LogP contribution in [0.25, 0.3) is 11.1 Å². The molecule has 0 radical (unpaired) electrons. The van der Waals surface area contributed by atoms with Crippen LogP contribution in [0.1, 0.15) is 43.7 Å². The second-order valence-corrected chi connectivity index (χ2v) is 9.19. The number of carbonyl (C=O) groups excluding carboxylic acids is 2. The molecule has 7 heteroatoms. The third-order valence-electron chi connectivity index (χ3n) is 6.28. The number of fused-ring (bicyclic) bond motifs is 3. The van der Waals surface area contributed by atoms with E-state index in [0.717, 1.165) is 35.1 Å². The Kier molecular flexibility index (Phi) is 5.91. The zero-order valence-electron chi connectivity index (χ0n) is 18.3. The summed E-state index contributed by atoms with van der Waals surface area (Å²) >= 11 is 0. The molecule has 0 bridgehead atoms. The van der Waals surface area contributed by atoms with Crippen LogP contribution < -0.4 is 10.6 Å². The second kappa shape index (κ2) is 8.65. The normalized spacial score (nSPS) is 15.9. The van der Waals surface area contributed by atoms with Crippen molar-refractivity contribution in [2.45, 2.75) is 38.6 Å². The van der Waals surface area contributed by atoms with E-state index in [2.05, 4.69) is 22.8 Å². The summed E-state index contributed by atoms with van der Waals surface area (Å²) in [5.41, 5.74) is 3.44. The number of hydrogen-bond donors (Lipinski definition) is 3. The molecule has 32 heavy (non-hydrogen) atoms. The lowest BCUT2D eigenvalue weighted by Crippen LogP contribution is -2.51. The number of benzene rings is 2. The lowest BCUT2D eigenvalue weighted by Gasteiger charge is -2.23. The summed E-state index contributed by atoms with van der Waals surface area (Å²) in [6, 6.07) is 15.5. The molecular weight excluding hydrogens is 408 g/mol. The number of hydrogen-bond acceptors (Lipinski definition) is 4. The topological polar surface area (TPSA) is 105 Å². The van der Waals surface area contributed by atoms with E-state index >= 15 is 0 Å². The molecule has 2 aromatic carbocycles. The van der Waals surface area contributed by atoms with E-state index in [4.69, 9.17) is 4.74 Å². The fourth-order valence-electron chi connectivity index (χ4n) is 4.09. The average Bonchev–Trinajstić information content (AvgIpc) is 3.57. The maximum absolute atomic E-state index is 12.6. The van der Waals surface area contributed by atoms with Gasteiger partial charge in [-0.25, -0.2) is 4.79 Å². The van der Waals surface area contributed by atoms with Crippen molar-refractivity contribution in [3.8, 4) is 11.1 Å². The molecular formula is C25H28N2O5. The predicted molar refractivity (Wildman–Crippen MR) is 119 cm³/mol. The Morgan fingerprint density at radius 2 is 1.59 bits per heavy atom. The molecule has 0 heterocycles. The van der Waals surface area contributed by atoms with Gasteiger partial charge in [0.05, 0.1) is 5.41 Å². The molecule has 1 saturated carbocycles. The van der Waals surface area contributed by atoms with E-state index in [0.29, 0.717) is 0 Å². The molecule has 0 aliphatic heterocycles. The van der Waals surface area contributed by atoms with Gasteiger partial charge in [0, 0.05) is 12.5 Å². The van der Waals surface area contributed by atoms with Gasteiger partial charge in [-0.3, -0.25) is 9.59 Å². The van der Waals surface area contributed by atoms with Crippen LogP contribution in [-0.4, -0.2) is 42.3 Å². The molecule has 2 amide bonds.